The van der Waals surface area contributed by atoms with Gasteiger partial charge in [0, 0.05) is 5.69 Å². The summed E-state index contributed by atoms with van der Waals surface area (Å²) >= 11 is 7.31. The number of nitrogens with zero attached hydrogens (tertiary/aromatic N) is 1. The quantitative estimate of drug-likeness (QED) is 0.523. The third kappa shape index (κ3) is 3.79. The van der Waals surface area contributed by atoms with Crippen LogP contribution >= 0.6 is 24.0 Å². The largest absolute Gasteiger partial charge is 0.332 e. The van der Waals surface area contributed by atoms with E-state index >= 15 is 0 Å². The van der Waals surface area contributed by atoms with Crippen molar-refractivity contribution in [1.82, 2.24) is 4.90 Å². The minimum atomic E-state index is -0.333. The summed E-state index contributed by atoms with van der Waals surface area (Å²) in [7, 11) is 0. The maximum Gasteiger partial charge on any atom is 0.180 e. The average Bonchev–Trinajstić information content (AvgIpc) is 3.06. The van der Waals surface area contributed by atoms with Gasteiger partial charge in [0.05, 0.1) is 5.25 Å². The highest BCUT2D eigenvalue weighted by Crippen LogP contribution is 2.50. The van der Waals surface area contributed by atoms with Crippen LogP contribution in [0.1, 0.15) is 21.8 Å². The summed E-state index contributed by atoms with van der Waals surface area (Å²) in [5.41, 5.74) is 2.70. The van der Waals surface area contributed by atoms with Crippen molar-refractivity contribution in [2.45, 2.75) is 10.6 Å². The Hall–Kier alpha value is -2.70. The van der Waals surface area contributed by atoms with Gasteiger partial charge in [0.15, 0.2) is 5.11 Å². The molecule has 1 heterocycles. The molecule has 2 unspecified atom stereocenters. The Labute approximate surface area is 173 Å². The van der Waals surface area contributed by atoms with Gasteiger partial charge in [-0.3, -0.25) is 10.3 Å². The van der Waals surface area contributed by atoms with E-state index in [4.69, 9.17) is 17.6 Å². The Morgan fingerprint density at radius 2 is 1.57 bits per heavy atom. The smallest absolute Gasteiger partial charge is 0.180 e. The van der Waals surface area contributed by atoms with Gasteiger partial charge in [-0.1, -0.05) is 66.7 Å². The van der Waals surface area contributed by atoms with Crippen LogP contribution in [0.15, 0.2) is 84.9 Å². The molecule has 1 fully saturated rings. The number of thiocarbonyl (C=S) groups is 1. The Morgan fingerprint density at radius 1 is 0.929 bits per heavy atom. The van der Waals surface area contributed by atoms with E-state index in [1.165, 1.54) is 12.1 Å². The van der Waals surface area contributed by atoms with E-state index in [9.17, 15) is 4.39 Å². The Bertz CT molecular complexity index is 995. The highest BCUT2D eigenvalue weighted by Gasteiger charge is 2.41. The fourth-order valence-electron chi connectivity index (χ4n) is 3.18. The number of amidine groups is 1. The first-order valence-electron chi connectivity index (χ1n) is 8.83. The number of rotatable bonds is 3. The lowest BCUT2D eigenvalue weighted by Crippen LogP contribution is -2.38. The zero-order valence-electron chi connectivity index (χ0n) is 14.9. The summed E-state index contributed by atoms with van der Waals surface area (Å²) in [6, 6.07) is 26.2. The van der Waals surface area contributed by atoms with Crippen LogP contribution in [0.4, 0.5) is 10.1 Å². The van der Waals surface area contributed by atoms with E-state index in [-0.39, 0.29) is 16.4 Å². The van der Waals surface area contributed by atoms with E-state index in [1.54, 1.807) is 23.9 Å². The standard InChI is InChI=1S/C22H18FN3S2/c23-17-12-7-13-18(14-17)25-22(27)26-20(24)19(15-8-3-1-4-9-15)28-21(26)16-10-5-2-6-11-16/h1-14,19,21,24H,(H,25,27). The monoisotopic (exact) mass is 407 g/mol. The van der Waals surface area contributed by atoms with Crippen molar-refractivity contribution in [3.63, 3.8) is 0 Å². The molecule has 0 radical (unpaired) electrons. The molecule has 6 heteroatoms. The molecule has 1 aliphatic heterocycles. The van der Waals surface area contributed by atoms with Crippen LogP contribution in [-0.4, -0.2) is 15.8 Å². The predicted octanol–water partition coefficient (Wildman–Crippen LogP) is 5.99. The summed E-state index contributed by atoms with van der Waals surface area (Å²) in [5.74, 6) is 0.0828. The summed E-state index contributed by atoms with van der Waals surface area (Å²) in [4.78, 5) is 1.82. The van der Waals surface area contributed by atoms with E-state index < -0.39 is 0 Å². The summed E-state index contributed by atoms with van der Waals surface area (Å²) in [6.07, 6.45) is 0. The lowest BCUT2D eigenvalue weighted by molar-refractivity contribution is 0.602. The van der Waals surface area contributed by atoms with Crippen molar-refractivity contribution in [3.05, 3.63) is 102 Å². The van der Waals surface area contributed by atoms with Crippen LogP contribution in [0.25, 0.3) is 0 Å². The summed E-state index contributed by atoms with van der Waals surface area (Å²) in [5, 5.41) is 12.0. The van der Waals surface area contributed by atoms with Gasteiger partial charge in [-0.15, -0.1) is 11.8 Å². The number of hydrogen-bond donors (Lipinski definition) is 2. The molecule has 1 saturated heterocycles. The molecule has 2 N–H and O–H groups in total. The van der Waals surface area contributed by atoms with Gasteiger partial charge in [0.1, 0.15) is 17.0 Å². The van der Waals surface area contributed by atoms with Crippen molar-refractivity contribution in [2.24, 2.45) is 0 Å². The lowest BCUT2D eigenvalue weighted by Gasteiger charge is -2.26. The minimum absolute atomic E-state index is 0.126. The molecule has 0 bridgehead atoms. The van der Waals surface area contributed by atoms with Gasteiger partial charge >= 0.3 is 0 Å². The SMILES string of the molecule is N=C1C(c2ccccc2)SC(c2ccccc2)N1C(=S)Nc1cccc(F)c1. The number of thioether (sulfide) groups is 1. The van der Waals surface area contributed by atoms with Crippen molar-refractivity contribution < 1.29 is 4.39 Å². The van der Waals surface area contributed by atoms with E-state index in [0.717, 1.165) is 11.1 Å². The Balaban J connectivity index is 1.67. The van der Waals surface area contributed by atoms with Gasteiger partial charge in [-0.2, -0.15) is 0 Å². The van der Waals surface area contributed by atoms with Gasteiger partial charge in [0.2, 0.25) is 0 Å². The molecule has 1 aliphatic rings. The molecule has 0 saturated carbocycles. The zero-order valence-corrected chi connectivity index (χ0v) is 16.5. The predicted molar refractivity (Wildman–Crippen MR) is 118 cm³/mol. The number of benzene rings is 3. The number of anilines is 1. The first-order chi connectivity index (χ1) is 13.6. The minimum Gasteiger partial charge on any atom is -0.332 e. The fourth-order valence-corrected chi connectivity index (χ4v) is 5.04. The van der Waals surface area contributed by atoms with Crippen LogP contribution in [0.3, 0.4) is 0 Å². The van der Waals surface area contributed by atoms with Gasteiger partial charge in [-0.25, -0.2) is 4.39 Å². The molecular weight excluding hydrogens is 389 g/mol. The third-order valence-electron chi connectivity index (χ3n) is 4.49. The second-order valence-corrected chi connectivity index (χ2v) is 7.96. The molecule has 4 rings (SSSR count). The number of nitrogens with one attached hydrogen (secondary N) is 2. The third-order valence-corrected chi connectivity index (χ3v) is 6.30. The van der Waals surface area contributed by atoms with Crippen LogP contribution in [0.2, 0.25) is 0 Å². The molecule has 0 spiro atoms. The highest BCUT2D eigenvalue weighted by molar-refractivity contribution is 8.01. The maximum absolute atomic E-state index is 13.6. The first-order valence-corrected chi connectivity index (χ1v) is 10.2. The van der Waals surface area contributed by atoms with Crippen LogP contribution in [0.5, 0.6) is 0 Å². The first kappa shape index (κ1) is 18.7. The molecular formula is C22H18FN3S2. The van der Waals surface area contributed by atoms with Gasteiger partial charge in [0.25, 0.3) is 0 Å². The zero-order chi connectivity index (χ0) is 19.5. The molecule has 0 amide bonds. The van der Waals surface area contributed by atoms with Crippen molar-refractivity contribution in [3.8, 4) is 0 Å². The van der Waals surface area contributed by atoms with E-state index in [1.807, 2.05) is 65.6 Å². The summed E-state index contributed by atoms with van der Waals surface area (Å²) < 4.78 is 13.6. The van der Waals surface area contributed by atoms with Crippen molar-refractivity contribution >= 4 is 40.6 Å². The molecule has 0 aliphatic carbocycles. The highest BCUT2D eigenvalue weighted by atomic mass is 32.2. The molecule has 2 atom stereocenters. The number of halogens is 1. The average molecular weight is 408 g/mol. The molecule has 28 heavy (non-hydrogen) atoms. The fraction of sp³-hybridized carbons (Fsp3) is 0.0909. The van der Waals surface area contributed by atoms with Crippen molar-refractivity contribution in [2.75, 3.05) is 5.32 Å². The molecule has 0 aromatic heterocycles. The second kappa shape index (κ2) is 8.12. The van der Waals surface area contributed by atoms with E-state index in [2.05, 4.69) is 5.32 Å². The van der Waals surface area contributed by atoms with Crippen molar-refractivity contribution in [1.29, 1.82) is 5.41 Å². The van der Waals surface area contributed by atoms with Crippen LogP contribution in [-0.2, 0) is 0 Å². The molecule has 3 aromatic rings. The normalized spacial score (nSPS) is 18.9. The summed E-state index contributed by atoms with van der Waals surface area (Å²) in [6.45, 7) is 0. The molecule has 3 nitrogen and oxygen atoms in total. The van der Waals surface area contributed by atoms with Gasteiger partial charge < -0.3 is 5.32 Å². The Morgan fingerprint density at radius 3 is 2.21 bits per heavy atom. The molecule has 3 aromatic carbocycles. The maximum atomic E-state index is 13.6. The lowest BCUT2D eigenvalue weighted by atomic mass is 10.1. The topological polar surface area (TPSA) is 39.1 Å². The van der Waals surface area contributed by atoms with Crippen LogP contribution in [0, 0.1) is 11.2 Å². The second-order valence-electron chi connectivity index (χ2n) is 6.39. The Kier molecular flexibility index (Phi) is 5.41. The number of hydrogen-bond acceptors (Lipinski definition) is 3. The molecule has 140 valence electrons. The van der Waals surface area contributed by atoms with Gasteiger partial charge in [-0.05, 0) is 41.5 Å². The van der Waals surface area contributed by atoms with E-state index in [0.29, 0.717) is 16.6 Å². The van der Waals surface area contributed by atoms with Crippen LogP contribution < -0.4 is 5.32 Å².